The van der Waals surface area contributed by atoms with Crippen molar-refractivity contribution in [2.45, 2.75) is 11.0 Å². The molecule has 2 rings (SSSR count). The van der Waals surface area contributed by atoms with E-state index in [2.05, 4.69) is 0 Å². The first-order valence-corrected chi connectivity index (χ1v) is 8.84. The number of rotatable bonds is 7. The van der Waals surface area contributed by atoms with Crippen molar-refractivity contribution in [3.05, 3.63) is 48.0 Å². The summed E-state index contributed by atoms with van der Waals surface area (Å²) in [5, 5.41) is 10.2. The van der Waals surface area contributed by atoms with Crippen molar-refractivity contribution in [2.24, 2.45) is 0 Å². The first-order chi connectivity index (χ1) is 11.4. The van der Waals surface area contributed by atoms with Gasteiger partial charge in [0.1, 0.15) is 0 Å². The lowest BCUT2D eigenvalue weighted by atomic mass is 10.1. The fourth-order valence-corrected chi connectivity index (χ4v) is 3.69. The minimum Gasteiger partial charge on any atom is -0.493 e. The zero-order valence-electron chi connectivity index (χ0n) is 13.7. The number of hydrogen-bond donors (Lipinski definition) is 1. The van der Waals surface area contributed by atoms with Gasteiger partial charge in [-0.05, 0) is 5.56 Å². The van der Waals surface area contributed by atoms with E-state index < -0.39 is 21.7 Å². The summed E-state index contributed by atoms with van der Waals surface area (Å²) in [5.41, 5.74) is 0.536. The second-order valence-corrected chi connectivity index (χ2v) is 7.10. The van der Waals surface area contributed by atoms with E-state index in [1.165, 1.54) is 33.5 Å². The average molecular weight is 352 g/mol. The van der Waals surface area contributed by atoms with Gasteiger partial charge >= 0.3 is 0 Å². The number of methoxy groups -OCH3 is 3. The van der Waals surface area contributed by atoms with Gasteiger partial charge < -0.3 is 19.3 Å². The van der Waals surface area contributed by atoms with Crippen LogP contribution in [0.15, 0.2) is 47.4 Å². The largest absolute Gasteiger partial charge is 0.493 e. The molecule has 0 radical (unpaired) electrons. The first kappa shape index (κ1) is 18.1. The zero-order valence-corrected chi connectivity index (χ0v) is 14.5. The molecule has 0 aliphatic rings. The molecule has 0 aromatic heterocycles. The van der Waals surface area contributed by atoms with Crippen LogP contribution >= 0.6 is 0 Å². The van der Waals surface area contributed by atoms with Crippen LogP contribution in [0.4, 0.5) is 0 Å². The molecule has 0 bridgehead atoms. The molecular weight excluding hydrogens is 332 g/mol. The third kappa shape index (κ3) is 3.80. The van der Waals surface area contributed by atoms with Crippen molar-refractivity contribution in [1.29, 1.82) is 0 Å². The van der Waals surface area contributed by atoms with Crippen molar-refractivity contribution in [3.8, 4) is 17.2 Å². The summed E-state index contributed by atoms with van der Waals surface area (Å²) in [7, 11) is 0.493. The van der Waals surface area contributed by atoms with Crippen LogP contribution in [0.25, 0.3) is 0 Å². The highest BCUT2D eigenvalue weighted by Crippen LogP contribution is 2.40. The minimum absolute atomic E-state index is 0.00742. The summed E-state index contributed by atoms with van der Waals surface area (Å²) in [6.45, 7) is 0. The van der Waals surface area contributed by atoms with Gasteiger partial charge in [0.2, 0.25) is 5.75 Å². The number of aliphatic hydroxyl groups is 1. The monoisotopic (exact) mass is 352 g/mol. The van der Waals surface area contributed by atoms with Crippen LogP contribution in [0.3, 0.4) is 0 Å². The Bertz CT molecular complexity index is 761. The Morgan fingerprint density at radius 1 is 0.958 bits per heavy atom. The summed E-state index contributed by atoms with van der Waals surface area (Å²) in [6.07, 6.45) is -1.13. The smallest absolute Gasteiger partial charge is 0.203 e. The Labute approximate surface area is 141 Å². The van der Waals surface area contributed by atoms with Crippen molar-refractivity contribution >= 4 is 9.84 Å². The summed E-state index contributed by atoms with van der Waals surface area (Å²) in [6, 6.07) is 11.3. The van der Waals surface area contributed by atoms with E-state index in [1.54, 1.807) is 30.3 Å². The van der Waals surface area contributed by atoms with E-state index in [9.17, 15) is 13.5 Å². The van der Waals surface area contributed by atoms with Gasteiger partial charge in [-0.3, -0.25) is 0 Å². The normalized spacial score (nSPS) is 12.5. The molecule has 130 valence electrons. The molecule has 6 nitrogen and oxygen atoms in total. The third-order valence-electron chi connectivity index (χ3n) is 3.56. The lowest BCUT2D eigenvalue weighted by Gasteiger charge is -2.16. The molecule has 0 aliphatic heterocycles. The van der Waals surface area contributed by atoms with E-state index in [0.717, 1.165) is 0 Å². The number of aliphatic hydroxyl groups excluding tert-OH is 1. The summed E-state index contributed by atoms with van der Waals surface area (Å²) < 4.78 is 40.8. The van der Waals surface area contributed by atoms with Crippen LogP contribution < -0.4 is 14.2 Å². The van der Waals surface area contributed by atoms with Gasteiger partial charge in [0.05, 0.1) is 38.1 Å². The van der Waals surface area contributed by atoms with Crippen LogP contribution in [-0.4, -0.2) is 40.6 Å². The Balaban J connectivity index is 2.39. The molecule has 7 heteroatoms. The number of hydrogen-bond acceptors (Lipinski definition) is 6. The maximum absolute atomic E-state index is 12.6. The van der Waals surface area contributed by atoms with Crippen molar-refractivity contribution in [3.63, 3.8) is 0 Å². The van der Waals surface area contributed by atoms with E-state index in [0.29, 0.717) is 11.3 Å². The van der Waals surface area contributed by atoms with E-state index in [1.807, 2.05) is 0 Å². The Kier molecular flexibility index (Phi) is 5.69. The quantitative estimate of drug-likeness (QED) is 0.823. The van der Waals surface area contributed by atoms with Gasteiger partial charge in [-0.25, -0.2) is 8.42 Å². The SMILES string of the molecule is COc1cc(S(=O)(=O)CC(O)c2ccccc2)cc(OC)c1OC. The molecule has 2 aromatic carbocycles. The molecule has 2 aromatic rings. The van der Waals surface area contributed by atoms with Gasteiger partial charge in [0, 0.05) is 12.1 Å². The molecule has 0 spiro atoms. The van der Waals surface area contributed by atoms with E-state index in [-0.39, 0.29) is 16.4 Å². The Morgan fingerprint density at radius 2 is 1.50 bits per heavy atom. The van der Waals surface area contributed by atoms with Crippen molar-refractivity contribution < 1.29 is 27.7 Å². The van der Waals surface area contributed by atoms with Crippen LogP contribution in [0.5, 0.6) is 17.2 Å². The molecule has 0 aliphatic carbocycles. The Hall–Kier alpha value is -2.25. The maximum Gasteiger partial charge on any atom is 0.203 e. The Morgan fingerprint density at radius 3 is 1.96 bits per heavy atom. The van der Waals surface area contributed by atoms with Crippen molar-refractivity contribution in [2.75, 3.05) is 27.1 Å². The maximum atomic E-state index is 12.6. The fraction of sp³-hybridized carbons (Fsp3) is 0.294. The summed E-state index contributed by atoms with van der Waals surface area (Å²) in [4.78, 5) is -0.00742. The van der Waals surface area contributed by atoms with Gasteiger partial charge in [0.15, 0.2) is 21.3 Å². The first-order valence-electron chi connectivity index (χ1n) is 7.18. The topological polar surface area (TPSA) is 82.1 Å². The molecule has 0 saturated carbocycles. The van der Waals surface area contributed by atoms with Crippen LogP contribution in [0.1, 0.15) is 11.7 Å². The highest BCUT2D eigenvalue weighted by atomic mass is 32.2. The highest BCUT2D eigenvalue weighted by Gasteiger charge is 2.24. The van der Waals surface area contributed by atoms with Crippen LogP contribution in [0.2, 0.25) is 0 Å². The summed E-state index contributed by atoms with van der Waals surface area (Å²) >= 11 is 0. The fourth-order valence-electron chi connectivity index (χ4n) is 2.31. The molecule has 1 unspecified atom stereocenters. The van der Waals surface area contributed by atoms with Gasteiger partial charge in [0.25, 0.3) is 0 Å². The van der Waals surface area contributed by atoms with Gasteiger partial charge in [-0.1, -0.05) is 30.3 Å². The number of benzene rings is 2. The van der Waals surface area contributed by atoms with E-state index >= 15 is 0 Å². The molecule has 1 N–H and O–H groups in total. The van der Waals surface area contributed by atoms with Crippen molar-refractivity contribution in [1.82, 2.24) is 0 Å². The molecule has 0 amide bonds. The third-order valence-corrected chi connectivity index (χ3v) is 5.27. The van der Waals surface area contributed by atoms with E-state index in [4.69, 9.17) is 14.2 Å². The second-order valence-electron chi connectivity index (χ2n) is 5.07. The molecule has 1 atom stereocenters. The van der Waals surface area contributed by atoms with Gasteiger partial charge in [-0.2, -0.15) is 0 Å². The molecular formula is C17H20O6S. The molecule has 0 heterocycles. The highest BCUT2D eigenvalue weighted by molar-refractivity contribution is 7.91. The second kappa shape index (κ2) is 7.55. The number of sulfone groups is 1. The molecule has 0 fully saturated rings. The van der Waals surface area contributed by atoms with Gasteiger partial charge in [-0.15, -0.1) is 0 Å². The van der Waals surface area contributed by atoms with Crippen LogP contribution in [0, 0.1) is 0 Å². The predicted molar refractivity (Wildman–Crippen MR) is 89.6 cm³/mol. The lowest BCUT2D eigenvalue weighted by Crippen LogP contribution is -2.15. The average Bonchev–Trinajstić information content (AvgIpc) is 2.60. The number of ether oxygens (including phenoxy) is 3. The zero-order chi connectivity index (χ0) is 17.7. The molecule has 24 heavy (non-hydrogen) atoms. The predicted octanol–water partition coefficient (Wildman–Crippen LogP) is 2.22. The minimum atomic E-state index is -3.76. The summed E-state index contributed by atoms with van der Waals surface area (Å²) in [5.74, 6) is 0.340. The standard InChI is InChI=1S/C17H20O6S/c1-21-15-9-13(10-16(22-2)17(15)23-3)24(19,20)11-14(18)12-7-5-4-6-8-12/h4-10,14,18H,11H2,1-3H3. The van der Waals surface area contributed by atoms with Crippen LogP contribution in [-0.2, 0) is 9.84 Å². The lowest BCUT2D eigenvalue weighted by molar-refractivity contribution is 0.201. The molecule has 0 saturated heterocycles.